The minimum absolute atomic E-state index is 0.173. The average Bonchev–Trinajstić information content (AvgIpc) is 3.29. The fraction of sp³-hybridized carbons (Fsp3) is 0.240. The third kappa shape index (κ3) is 5.09. The number of halogens is 1. The molecule has 0 bridgehead atoms. The van der Waals surface area contributed by atoms with Crippen molar-refractivity contribution in [2.24, 2.45) is 0 Å². The molecule has 0 aliphatic heterocycles. The summed E-state index contributed by atoms with van der Waals surface area (Å²) >= 11 is 6.08. The van der Waals surface area contributed by atoms with Crippen molar-refractivity contribution in [2.75, 3.05) is 5.32 Å². The maximum atomic E-state index is 13.0. The van der Waals surface area contributed by atoms with Crippen molar-refractivity contribution >= 4 is 23.3 Å². The topological polar surface area (TPSA) is 82.2 Å². The van der Waals surface area contributed by atoms with Crippen molar-refractivity contribution in [3.05, 3.63) is 93.0 Å². The molecule has 0 saturated heterocycles. The molecule has 0 unspecified atom stereocenters. The zero-order chi connectivity index (χ0) is 23.5. The number of hydrogen-bond acceptors (Lipinski definition) is 5. The summed E-state index contributed by atoms with van der Waals surface area (Å²) < 4.78 is 13.1. The average molecular weight is 465 g/mol. The lowest BCUT2D eigenvalue weighted by Gasteiger charge is -2.12. The van der Waals surface area contributed by atoms with Crippen LogP contribution in [-0.4, -0.2) is 20.8 Å². The van der Waals surface area contributed by atoms with Gasteiger partial charge in [0.05, 0.1) is 12.1 Å². The highest BCUT2D eigenvalue weighted by Gasteiger charge is 2.22. The molecule has 4 rings (SSSR count). The second kappa shape index (κ2) is 9.50. The molecular weight excluding hydrogens is 440 g/mol. The van der Waals surface area contributed by atoms with Gasteiger partial charge in [-0.1, -0.05) is 47.1 Å². The summed E-state index contributed by atoms with van der Waals surface area (Å²) in [5.74, 6) is 1.36. The molecule has 1 N–H and O–H groups in total. The lowest BCUT2D eigenvalue weighted by Crippen LogP contribution is -2.16. The molecule has 0 atom stereocenters. The van der Waals surface area contributed by atoms with Gasteiger partial charge in [-0.3, -0.25) is 9.48 Å². The van der Waals surface area contributed by atoms with Crippen LogP contribution in [0.15, 0.2) is 53.1 Å². The van der Waals surface area contributed by atoms with E-state index >= 15 is 0 Å². The highest BCUT2D eigenvalue weighted by molar-refractivity contribution is 6.30. The first-order chi connectivity index (χ1) is 15.8. The Hall–Kier alpha value is -3.58. The second-order valence-corrected chi connectivity index (χ2v) is 8.42. The van der Waals surface area contributed by atoms with Gasteiger partial charge < -0.3 is 14.6 Å². The first-order valence-electron chi connectivity index (χ1n) is 10.6. The van der Waals surface area contributed by atoms with Crippen molar-refractivity contribution in [3.63, 3.8) is 0 Å². The Bertz CT molecular complexity index is 1290. The minimum Gasteiger partial charge on any atom is -0.488 e. The van der Waals surface area contributed by atoms with E-state index in [2.05, 4.69) is 15.6 Å². The smallest absolute Gasteiger partial charge is 0.279 e. The predicted octanol–water partition coefficient (Wildman–Crippen LogP) is 5.64. The Morgan fingerprint density at radius 1 is 1.09 bits per heavy atom. The predicted molar refractivity (Wildman–Crippen MR) is 127 cm³/mol. The maximum absolute atomic E-state index is 13.0. The number of carbonyl (C=O) groups excluding carboxylic acids is 1. The zero-order valence-corrected chi connectivity index (χ0v) is 19.7. The third-order valence-electron chi connectivity index (χ3n) is 5.41. The van der Waals surface area contributed by atoms with E-state index in [0.29, 0.717) is 28.7 Å². The molecule has 4 aromatic rings. The highest BCUT2D eigenvalue weighted by Crippen LogP contribution is 2.25. The van der Waals surface area contributed by atoms with E-state index in [-0.39, 0.29) is 12.3 Å². The first-order valence-corrected chi connectivity index (χ1v) is 10.9. The molecule has 33 heavy (non-hydrogen) atoms. The quantitative estimate of drug-likeness (QED) is 0.383. The van der Waals surface area contributed by atoms with Gasteiger partial charge in [-0.15, -0.1) is 0 Å². The standard InChI is InChI=1S/C25H25ClN4O3/c1-15-7-5-8-16(2)24(15)32-14-21-18(4)33-29-23(21)25(31)27-22-11-17(3)30(28-22)13-19-9-6-10-20(26)12-19/h5-12H,13-14H2,1-4H3,(H,27,28,31). The van der Waals surface area contributed by atoms with Gasteiger partial charge in [0.25, 0.3) is 5.91 Å². The molecule has 0 saturated carbocycles. The number of benzene rings is 2. The van der Waals surface area contributed by atoms with Gasteiger partial charge in [-0.25, -0.2) is 0 Å². The van der Waals surface area contributed by atoms with Crippen LogP contribution in [0.1, 0.15) is 44.2 Å². The number of nitrogens with zero attached hydrogens (tertiary/aromatic N) is 3. The highest BCUT2D eigenvalue weighted by atomic mass is 35.5. The summed E-state index contributed by atoms with van der Waals surface area (Å²) in [7, 11) is 0. The van der Waals surface area contributed by atoms with Crippen LogP contribution in [-0.2, 0) is 13.2 Å². The molecule has 0 radical (unpaired) electrons. The summed E-state index contributed by atoms with van der Waals surface area (Å²) in [5.41, 5.74) is 4.75. The largest absolute Gasteiger partial charge is 0.488 e. The van der Waals surface area contributed by atoms with Gasteiger partial charge in [0.15, 0.2) is 11.5 Å². The number of hydrogen-bond donors (Lipinski definition) is 1. The number of ether oxygens (including phenoxy) is 1. The van der Waals surface area contributed by atoms with E-state index < -0.39 is 5.91 Å². The SMILES string of the molecule is Cc1cccc(C)c1OCc1c(C(=O)Nc2cc(C)n(Cc3cccc(Cl)c3)n2)noc1C. The Balaban J connectivity index is 1.48. The Morgan fingerprint density at radius 3 is 2.55 bits per heavy atom. The summed E-state index contributed by atoms with van der Waals surface area (Å²) in [4.78, 5) is 13.0. The van der Waals surface area contributed by atoms with Gasteiger partial charge in [0.2, 0.25) is 0 Å². The summed E-state index contributed by atoms with van der Waals surface area (Å²) in [6, 6.07) is 15.4. The van der Waals surface area contributed by atoms with Crippen LogP contribution in [0.3, 0.4) is 0 Å². The van der Waals surface area contributed by atoms with E-state index in [1.807, 2.05) is 69.3 Å². The van der Waals surface area contributed by atoms with Crippen molar-refractivity contribution in [3.8, 4) is 5.75 Å². The number of rotatable bonds is 7. The molecule has 7 nitrogen and oxygen atoms in total. The summed E-state index contributed by atoms with van der Waals surface area (Å²) in [5, 5.41) is 12.0. The molecule has 8 heteroatoms. The number of anilines is 1. The van der Waals surface area contributed by atoms with Crippen molar-refractivity contribution in [2.45, 2.75) is 40.8 Å². The normalized spacial score (nSPS) is 10.9. The summed E-state index contributed by atoms with van der Waals surface area (Å²) in [6.07, 6.45) is 0. The number of carbonyl (C=O) groups is 1. The maximum Gasteiger partial charge on any atom is 0.279 e. The minimum atomic E-state index is -0.403. The van der Waals surface area contributed by atoms with Gasteiger partial charge in [-0.05, 0) is 56.5 Å². The Morgan fingerprint density at radius 2 is 1.82 bits per heavy atom. The van der Waals surface area contributed by atoms with Crippen LogP contribution in [0.5, 0.6) is 5.75 Å². The summed E-state index contributed by atoms with van der Waals surface area (Å²) in [6.45, 7) is 8.37. The number of amides is 1. The Kier molecular flexibility index (Phi) is 6.51. The molecule has 170 valence electrons. The van der Waals surface area contributed by atoms with Gasteiger partial charge in [0, 0.05) is 16.8 Å². The van der Waals surface area contributed by atoms with Crippen LogP contribution in [0.4, 0.5) is 5.82 Å². The second-order valence-electron chi connectivity index (χ2n) is 7.99. The first kappa shape index (κ1) is 22.6. The van der Waals surface area contributed by atoms with Gasteiger partial charge in [0.1, 0.15) is 18.1 Å². The van der Waals surface area contributed by atoms with Crippen molar-refractivity contribution in [1.82, 2.24) is 14.9 Å². The number of nitrogens with one attached hydrogen (secondary N) is 1. The zero-order valence-electron chi connectivity index (χ0n) is 19.0. The number of para-hydroxylation sites is 1. The van der Waals surface area contributed by atoms with Crippen LogP contribution < -0.4 is 10.1 Å². The molecule has 0 fully saturated rings. The molecule has 2 aromatic heterocycles. The van der Waals surface area contributed by atoms with Crippen molar-refractivity contribution < 1.29 is 14.1 Å². The van der Waals surface area contributed by atoms with Gasteiger partial charge in [-0.2, -0.15) is 5.10 Å². The van der Waals surface area contributed by atoms with Gasteiger partial charge >= 0.3 is 0 Å². The molecule has 0 aliphatic rings. The molecule has 0 aliphatic carbocycles. The molecule has 0 spiro atoms. The third-order valence-corrected chi connectivity index (χ3v) is 5.65. The van der Waals surface area contributed by atoms with Crippen LogP contribution in [0.2, 0.25) is 5.02 Å². The number of aryl methyl sites for hydroxylation is 4. The van der Waals surface area contributed by atoms with E-state index in [1.54, 1.807) is 11.6 Å². The van der Waals surface area contributed by atoms with Crippen LogP contribution in [0, 0.1) is 27.7 Å². The monoisotopic (exact) mass is 464 g/mol. The molecule has 2 aromatic carbocycles. The van der Waals surface area contributed by atoms with E-state index in [4.69, 9.17) is 20.9 Å². The van der Waals surface area contributed by atoms with E-state index in [9.17, 15) is 4.79 Å². The molecule has 1 amide bonds. The van der Waals surface area contributed by atoms with E-state index in [0.717, 1.165) is 28.1 Å². The fourth-order valence-corrected chi connectivity index (χ4v) is 3.84. The van der Waals surface area contributed by atoms with Crippen LogP contribution >= 0.6 is 11.6 Å². The lowest BCUT2D eigenvalue weighted by molar-refractivity contribution is 0.101. The van der Waals surface area contributed by atoms with Crippen LogP contribution in [0.25, 0.3) is 0 Å². The van der Waals surface area contributed by atoms with Crippen molar-refractivity contribution in [1.29, 1.82) is 0 Å². The molecular formula is C25H25ClN4O3. The van der Waals surface area contributed by atoms with E-state index in [1.165, 1.54) is 0 Å². The number of aromatic nitrogens is 3. The fourth-order valence-electron chi connectivity index (χ4n) is 3.63. The lowest BCUT2D eigenvalue weighted by atomic mass is 10.1. The molecule has 2 heterocycles. The Labute approximate surface area is 197 Å².